The summed E-state index contributed by atoms with van der Waals surface area (Å²) >= 11 is 0. The summed E-state index contributed by atoms with van der Waals surface area (Å²) in [5.41, 5.74) is 3.51. The average molecular weight is 377 g/mol. The van der Waals surface area contributed by atoms with Crippen LogP contribution in [0.2, 0.25) is 0 Å². The zero-order valence-electron chi connectivity index (χ0n) is 16.0. The molecule has 3 aromatic rings. The van der Waals surface area contributed by atoms with Crippen molar-refractivity contribution >= 4 is 11.7 Å². The minimum atomic E-state index is -0.305. The van der Waals surface area contributed by atoms with Gasteiger partial charge < -0.3 is 9.84 Å². The quantitative estimate of drug-likeness (QED) is 0.604. The molecule has 1 N–H and O–H groups in total. The first kappa shape index (κ1) is 19.5. The maximum Gasteiger partial charge on any atom is 0.269 e. The molecule has 0 fully saturated rings. The standard InChI is InChI=1S/C22H23N3O3/c1-15(17-8-4-3-5-9-17)19-11-18(12-20(25-19)22(27)23-2)21(26)10-6-7-16-13-24-28-14-16/h3-5,8-9,11-15H,6-7,10H2,1-2H3,(H,23,27)/t15-/m0/s1. The fourth-order valence-corrected chi connectivity index (χ4v) is 3.04. The van der Waals surface area contributed by atoms with Crippen LogP contribution in [0.5, 0.6) is 0 Å². The predicted octanol–water partition coefficient (Wildman–Crippen LogP) is 3.79. The fourth-order valence-electron chi connectivity index (χ4n) is 3.04. The third-order valence-corrected chi connectivity index (χ3v) is 4.72. The van der Waals surface area contributed by atoms with E-state index in [4.69, 9.17) is 4.52 Å². The van der Waals surface area contributed by atoms with Gasteiger partial charge >= 0.3 is 0 Å². The van der Waals surface area contributed by atoms with Crippen LogP contribution in [0, 0.1) is 0 Å². The lowest BCUT2D eigenvalue weighted by Gasteiger charge is -2.14. The van der Waals surface area contributed by atoms with Crippen LogP contribution in [0.1, 0.15) is 63.4 Å². The van der Waals surface area contributed by atoms with Crippen LogP contribution < -0.4 is 5.32 Å². The molecule has 1 amide bonds. The van der Waals surface area contributed by atoms with Crippen LogP contribution in [-0.4, -0.2) is 28.9 Å². The number of nitrogens with zero attached hydrogens (tertiary/aromatic N) is 2. The molecule has 6 nitrogen and oxygen atoms in total. The van der Waals surface area contributed by atoms with E-state index >= 15 is 0 Å². The molecule has 0 radical (unpaired) electrons. The number of carbonyl (C=O) groups is 2. The van der Waals surface area contributed by atoms with Crippen molar-refractivity contribution in [1.82, 2.24) is 15.5 Å². The summed E-state index contributed by atoms with van der Waals surface area (Å²) in [5.74, 6) is -0.347. The molecule has 2 aromatic heterocycles. The molecule has 3 rings (SSSR count). The number of rotatable bonds is 8. The van der Waals surface area contributed by atoms with E-state index in [1.165, 1.54) is 0 Å². The van der Waals surface area contributed by atoms with Gasteiger partial charge in [-0.1, -0.05) is 42.4 Å². The van der Waals surface area contributed by atoms with Crippen LogP contribution >= 0.6 is 0 Å². The lowest BCUT2D eigenvalue weighted by molar-refractivity contribution is 0.0958. The number of pyridine rings is 1. The third kappa shape index (κ3) is 4.71. The molecule has 1 aromatic carbocycles. The van der Waals surface area contributed by atoms with Gasteiger partial charge in [0.1, 0.15) is 12.0 Å². The van der Waals surface area contributed by atoms with E-state index in [0.717, 1.165) is 17.5 Å². The summed E-state index contributed by atoms with van der Waals surface area (Å²) in [5, 5.41) is 6.25. The number of hydrogen-bond acceptors (Lipinski definition) is 5. The highest BCUT2D eigenvalue weighted by molar-refractivity contribution is 5.99. The molecule has 1 atom stereocenters. The maximum absolute atomic E-state index is 12.7. The summed E-state index contributed by atoms with van der Waals surface area (Å²) in [6.45, 7) is 2.02. The number of carbonyl (C=O) groups excluding carboxylic acids is 2. The number of hydrogen-bond donors (Lipinski definition) is 1. The minimum absolute atomic E-state index is 0.00878. The number of aromatic nitrogens is 2. The summed E-state index contributed by atoms with van der Waals surface area (Å²) in [6, 6.07) is 13.3. The van der Waals surface area contributed by atoms with Crippen LogP contribution in [-0.2, 0) is 6.42 Å². The van der Waals surface area contributed by atoms with Crippen LogP contribution in [0.4, 0.5) is 0 Å². The van der Waals surface area contributed by atoms with Crippen molar-refractivity contribution in [3.05, 3.63) is 83.0 Å². The molecule has 0 unspecified atom stereocenters. The molecule has 0 saturated heterocycles. The predicted molar refractivity (Wildman–Crippen MR) is 105 cm³/mol. The Morgan fingerprint density at radius 1 is 1.18 bits per heavy atom. The monoisotopic (exact) mass is 377 g/mol. The fraction of sp³-hybridized carbons (Fsp3) is 0.273. The maximum atomic E-state index is 12.7. The molecular weight excluding hydrogens is 354 g/mol. The molecule has 28 heavy (non-hydrogen) atoms. The van der Waals surface area contributed by atoms with Gasteiger partial charge in [-0.3, -0.25) is 9.59 Å². The van der Waals surface area contributed by atoms with Crippen molar-refractivity contribution in [2.45, 2.75) is 32.1 Å². The SMILES string of the molecule is CNC(=O)c1cc(C(=O)CCCc2cnoc2)cc([C@@H](C)c2ccccc2)n1. The highest BCUT2D eigenvalue weighted by atomic mass is 16.5. The number of amides is 1. The van der Waals surface area contributed by atoms with Gasteiger partial charge in [0, 0.05) is 36.2 Å². The molecule has 0 saturated carbocycles. The zero-order valence-corrected chi connectivity index (χ0v) is 16.0. The third-order valence-electron chi connectivity index (χ3n) is 4.72. The van der Waals surface area contributed by atoms with Gasteiger partial charge in [-0.25, -0.2) is 4.98 Å². The second-order valence-corrected chi connectivity index (χ2v) is 6.69. The van der Waals surface area contributed by atoms with Crippen LogP contribution in [0.15, 0.2) is 59.4 Å². The summed E-state index contributed by atoms with van der Waals surface area (Å²) in [7, 11) is 1.55. The topological polar surface area (TPSA) is 85.1 Å². The molecule has 6 heteroatoms. The smallest absolute Gasteiger partial charge is 0.269 e. The molecule has 0 aliphatic carbocycles. The van der Waals surface area contributed by atoms with E-state index in [2.05, 4.69) is 15.5 Å². The lowest BCUT2D eigenvalue weighted by Crippen LogP contribution is -2.21. The molecule has 144 valence electrons. The number of Topliss-reactive ketones (excluding diaryl/α,β-unsaturated/α-hetero) is 1. The van der Waals surface area contributed by atoms with E-state index in [1.54, 1.807) is 31.6 Å². The van der Waals surface area contributed by atoms with Crippen molar-refractivity contribution in [2.24, 2.45) is 0 Å². The summed E-state index contributed by atoms with van der Waals surface area (Å²) in [4.78, 5) is 29.4. The number of nitrogens with one attached hydrogen (secondary N) is 1. The Bertz CT molecular complexity index is 937. The van der Waals surface area contributed by atoms with Gasteiger partial charge in [0.05, 0.1) is 6.20 Å². The first-order valence-electron chi connectivity index (χ1n) is 9.29. The van der Waals surface area contributed by atoms with Crippen molar-refractivity contribution in [1.29, 1.82) is 0 Å². The number of ketones is 1. The molecule has 0 aliphatic heterocycles. The molecule has 0 spiro atoms. The summed E-state index contributed by atoms with van der Waals surface area (Å²) in [6.07, 6.45) is 5.01. The second kappa shape index (κ2) is 9.08. The van der Waals surface area contributed by atoms with Crippen LogP contribution in [0.25, 0.3) is 0 Å². The molecule has 0 aliphatic rings. The Kier molecular flexibility index (Phi) is 6.32. The van der Waals surface area contributed by atoms with E-state index in [-0.39, 0.29) is 23.3 Å². The van der Waals surface area contributed by atoms with Gasteiger partial charge in [-0.05, 0) is 30.5 Å². The Hall–Kier alpha value is -3.28. The normalized spacial score (nSPS) is 11.8. The van der Waals surface area contributed by atoms with Gasteiger partial charge in [0.2, 0.25) is 0 Å². The van der Waals surface area contributed by atoms with E-state index in [0.29, 0.717) is 24.1 Å². The number of aryl methyl sites for hydroxylation is 1. The van der Waals surface area contributed by atoms with Gasteiger partial charge in [-0.15, -0.1) is 0 Å². The lowest BCUT2D eigenvalue weighted by atomic mass is 9.94. The van der Waals surface area contributed by atoms with Crippen molar-refractivity contribution in [3.8, 4) is 0 Å². The molecule has 0 bridgehead atoms. The van der Waals surface area contributed by atoms with Crippen molar-refractivity contribution < 1.29 is 14.1 Å². The van der Waals surface area contributed by atoms with E-state index in [1.807, 2.05) is 37.3 Å². The Balaban J connectivity index is 1.82. The largest absolute Gasteiger partial charge is 0.364 e. The van der Waals surface area contributed by atoms with Gasteiger partial charge in [0.25, 0.3) is 5.91 Å². The van der Waals surface area contributed by atoms with Gasteiger partial charge in [0.15, 0.2) is 5.78 Å². The number of benzene rings is 1. The molecular formula is C22H23N3O3. The van der Waals surface area contributed by atoms with E-state index < -0.39 is 0 Å². The van der Waals surface area contributed by atoms with E-state index in [9.17, 15) is 9.59 Å². The van der Waals surface area contributed by atoms with Crippen molar-refractivity contribution in [2.75, 3.05) is 7.05 Å². The van der Waals surface area contributed by atoms with Crippen LogP contribution in [0.3, 0.4) is 0 Å². The first-order chi connectivity index (χ1) is 13.6. The highest BCUT2D eigenvalue weighted by Gasteiger charge is 2.18. The summed E-state index contributed by atoms with van der Waals surface area (Å²) < 4.78 is 4.81. The van der Waals surface area contributed by atoms with Gasteiger partial charge in [-0.2, -0.15) is 0 Å². The van der Waals surface area contributed by atoms with Crippen molar-refractivity contribution in [3.63, 3.8) is 0 Å². The zero-order chi connectivity index (χ0) is 19.9. The first-order valence-corrected chi connectivity index (χ1v) is 9.29. The minimum Gasteiger partial charge on any atom is -0.364 e. The average Bonchev–Trinajstić information content (AvgIpc) is 3.26. The highest BCUT2D eigenvalue weighted by Crippen LogP contribution is 2.24. The Morgan fingerprint density at radius 3 is 2.64 bits per heavy atom. The second-order valence-electron chi connectivity index (χ2n) is 6.69. The Labute approximate surface area is 164 Å². The Morgan fingerprint density at radius 2 is 1.96 bits per heavy atom. The molecule has 2 heterocycles.